The molecule has 7 aromatic rings. The van der Waals surface area contributed by atoms with Gasteiger partial charge in [0.05, 0.1) is 51.8 Å². The molecule has 0 spiro atoms. The standard InChI is InChI=1S/C50H64N16O31P4/c1-19-9-62(48(74)59-41(19)69)32-4-22(68)28(90-32)13-85-98(77,78)96-25-7-35(65-17-53-37-39(65)55-46(51)57-44(37)72)92-30(25)15-88-101(83,84)97-26-8-36(66-18-54-38-40(66)56-47(52)58-45(38)73)93-31(26)16-87-100(81,82)95-24-6-34(64-11-21(3)43(71)61-50(64)76)91-29(24)14-86-99(79,80)94-23-5-33(89-27(23)12-67)63-10-20(2)42(70)60-49(63)75/h9-11,17-18,22-36,67-68H,4-8,12-16H2,1-3H3,(H,77,78)(H,79,80)(H,81,82)(H,83,84)(H,59,69,74)(H,60,70,75)(H,61,71,76)(H3,51,55,57,72)(H3,52,56,58,73)/t22-,23-,24-,25-,26-,27+,28+,29+,30+,31+,32+,33+,34+,35+,36+/m0/s1. The van der Waals surface area contributed by atoms with E-state index >= 15 is 0 Å². The van der Waals surface area contributed by atoms with Crippen molar-refractivity contribution in [3.8, 4) is 0 Å². The summed E-state index contributed by atoms with van der Waals surface area (Å²) in [7, 11) is -21.8. The van der Waals surface area contributed by atoms with E-state index in [0.29, 0.717) is 0 Å². The van der Waals surface area contributed by atoms with Gasteiger partial charge in [0.2, 0.25) is 11.9 Å². The molecular weight excluding hydrogens is 1440 g/mol. The minimum Gasteiger partial charge on any atom is -0.394 e. The predicted molar refractivity (Wildman–Crippen MR) is 332 cm³/mol. The van der Waals surface area contributed by atoms with E-state index in [0.717, 1.165) is 37.1 Å². The Morgan fingerprint density at radius 1 is 0.446 bits per heavy atom. The summed E-state index contributed by atoms with van der Waals surface area (Å²) in [5.74, 6) is -0.732. The van der Waals surface area contributed by atoms with Crippen molar-refractivity contribution in [2.75, 3.05) is 44.5 Å². The van der Waals surface area contributed by atoms with Gasteiger partial charge in [-0.3, -0.25) is 108 Å². The maximum absolute atomic E-state index is 14.3. The third kappa shape index (κ3) is 16.2. The van der Waals surface area contributed by atoms with Gasteiger partial charge in [0.1, 0.15) is 86.1 Å². The number of phosphoric acid groups is 4. The van der Waals surface area contributed by atoms with Crippen molar-refractivity contribution < 1.29 is 108 Å². The van der Waals surface area contributed by atoms with E-state index in [-0.39, 0.29) is 63.8 Å². The summed E-state index contributed by atoms with van der Waals surface area (Å²) in [4.78, 5) is 173. The maximum Gasteiger partial charge on any atom is 0.472 e. The first kappa shape index (κ1) is 73.3. The predicted octanol–water partition coefficient (Wildman–Crippen LogP) is -3.21. The molecule has 5 saturated heterocycles. The number of imidazole rings is 2. The monoisotopic (exact) mass is 1510 g/mol. The molecule has 0 amide bonds. The van der Waals surface area contributed by atoms with Crippen LogP contribution >= 0.6 is 31.3 Å². The summed E-state index contributed by atoms with van der Waals surface area (Å²) in [5.41, 5.74) is 4.55. The maximum atomic E-state index is 14.3. The first-order valence-electron chi connectivity index (χ1n) is 30.2. The van der Waals surface area contributed by atoms with Crippen LogP contribution in [-0.2, 0) is 78.1 Å². The number of nitrogen functional groups attached to an aromatic ring is 2. The lowest BCUT2D eigenvalue weighted by atomic mass is 10.2. The van der Waals surface area contributed by atoms with Crippen LogP contribution in [0.25, 0.3) is 22.3 Å². The molecule has 4 unspecified atom stereocenters. The van der Waals surface area contributed by atoms with Gasteiger partial charge < -0.3 is 64.9 Å². The van der Waals surface area contributed by atoms with Crippen LogP contribution < -0.4 is 56.3 Å². The number of hydrogen-bond acceptors (Lipinski definition) is 33. The van der Waals surface area contributed by atoms with Gasteiger partial charge in [-0.1, -0.05) is 0 Å². The number of nitrogens with two attached hydrogens (primary N) is 2. The Kier molecular flexibility index (Phi) is 20.8. The Bertz CT molecular complexity index is 5030. The first-order valence-corrected chi connectivity index (χ1v) is 36.2. The van der Waals surface area contributed by atoms with Crippen molar-refractivity contribution >= 4 is 65.5 Å². The number of aliphatic hydroxyl groups is 2. The third-order valence-corrected chi connectivity index (χ3v) is 20.7. The number of anilines is 2. The molecule has 550 valence electrons. The fourth-order valence-corrected chi connectivity index (χ4v) is 15.6. The summed E-state index contributed by atoms with van der Waals surface area (Å²) in [6, 6.07) is 0. The number of nitrogens with zero attached hydrogens (tertiary/aromatic N) is 9. The number of fused-ring (bicyclic) bond motifs is 2. The second-order valence-electron chi connectivity index (χ2n) is 23.7. The second-order valence-corrected chi connectivity index (χ2v) is 29.3. The molecule has 5 fully saturated rings. The molecule has 12 heterocycles. The topological polar surface area (TPSA) is 653 Å². The van der Waals surface area contributed by atoms with E-state index in [1.54, 1.807) is 0 Å². The molecule has 7 aromatic heterocycles. The first-order chi connectivity index (χ1) is 47.6. The molecule has 0 aliphatic carbocycles. The van der Waals surface area contributed by atoms with Crippen molar-refractivity contribution in [3.05, 3.63) is 131 Å². The Morgan fingerprint density at radius 2 is 0.733 bits per heavy atom. The molecule has 0 saturated carbocycles. The molecule has 0 radical (unpaired) electrons. The number of aromatic amines is 5. The minimum atomic E-state index is -5.56. The number of aliphatic hydroxyl groups excluding tert-OH is 2. The van der Waals surface area contributed by atoms with Crippen molar-refractivity contribution in [2.24, 2.45) is 0 Å². The summed E-state index contributed by atoms with van der Waals surface area (Å²) >= 11 is 0. The van der Waals surface area contributed by atoms with E-state index in [1.165, 1.54) is 37.7 Å². The van der Waals surface area contributed by atoms with Crippen molar-refractivity contribution in [2.45, 2.75) is 145 Å². The SMILES string of the molecule is Cc1cn([C@H]2C[C@H](OP(=O)(O)OC[C@H]3O[C@@H](n4cc(C)c(=O)[nH]c4=O)C[C@@H]3OP(=O)(O)OC[C@H]3O[C@@H](n4cnc5c(=O)[nH]c(N)nc54)C[C@@H]3OP(=O)(O)OC[C@H]3O[C@@H](n4cnc5c(=O)[nH]c(N)nc54)C[C@@H]3OP(=O)(O)OC[C@H]3O[C@@H](n4cc(C)c(=O)[nH]c4=O)C[C@@H]3O)[C@@H](CO)O2)c(=O)[nH]c1=O. The molecule has 12 rings (SSSR count). The van der Waals surface area contributed by atoms with Crippen molar-refractivity contribution in [1.82, 2.24) is 67.7 Å². The van der Waals surface area contributed by atoms with Gasteiger partial charge in [0, 0.05) is 67.4 Å². The molecular formula is C50H64N16O31P4. The quantitative estimate of drug-likeness (QED) is 0.0237. The normalized spacial score (nSPS) is 29.3. The van der Waals surface area contributed by atoms with Crippen LogP contribution in [0, 0.1) is 20.8 Å². The Morgan fingerprint density at radius 3 is 1.07 bits per heavy atom. The largest absolute Gasteiger partial charge is 0.472 e. The average molecular weight is 1510 g/mol. The lowest BCUT2D eigenvalue weighted by Crippen LogP contribution is -2.33. The number of aromatic nitrogens is 14. The number of aryl methyl sites for hydroxylation is 3. The van der Waals surface area contributed by atoms with Gasteiger partial charge in [-0.25, -0.2) is 42.6 Å². The van der Waals surface area contributed by atoms with Crippen LogP contribution in [0.5, 0.6) is 0 Å². The highest BCUT2D eigenvalue weighted by atomic mass is 31.2. The highest BCUT2D eigenvalue weighted by molar-refractivity contribution is 7.48. The van der Waals surface area contributed by atoms with E-state index in [4.69, 9.17) is 71.3 Å². The lowest BCUT2D eigenvalue weighted by molar-refractivity contribution is -0.0640. The van der Waals surface area contributed by atoms with E-state index in [2.05, 4.69) is 44.9 Å². The van der Waals surface area contributed by atoms with E-state index in [9.17, 15) is 86.4 Å². The van der Waals surface area contributed by atoms with Crippen LogP contribution in [0.3, 0.4) is 0 Å². The number of rotatable bonds is 26. The highest BCUT2D eigenvalue weighted by Crippen LogP contribution is 2.55. The number of H-pyrrole nitrogens is 5. The van der Waals surface area contributed by atoms with Crippen LogP contribution in [-0.4, -0.2) is 192 Å². The minimum absolute atomic E-state index is 0.00271. The zero-order valence-electron chi connectivity index (χ0n) is 52.5. The smallest absolute Gasteiger partial charge is 0.394 e. The molecule has 19 atom stereocenters. The summed E-state index contributed by atoms with van der Waals surface area (Å²) in [6.45, 7) is -0.667. The summed E-state index contributed by atoms with van der Waals surface area (Å²) < 4.78 is 134. The van der Waals surface area contributed by atoms with Crippen LogP contribution in [0.15, 0.2) is 69.6 Å². The zero-order valence-corrected chi connectivity index (χ0v) is 56.1. The molecule has 5 aliphatic heterocycles. The van der Waals surface area contributed by atoms with Crippen molar-refractivity contribution in [3.63, 3.8) is 0 Å². The van der Waals surface area contributed by atoms with Gasteiger partial charge >= 0.3 is 48.4 Å². The van der Waals surface area contributed by atoms with E-state index < -0.39 is 221 Å². The molecule has 15 N–H and O–H groups in total. The van der Waals surface area contributed by atoms with Gasteiger partial charge in [-0.15, -0.1) is 0 Å². The number of nitrogens with one attached hydrogen (secondary N) is 5. The third-order valence-electron chi connectivity index (χ3n) is 16.7. The lowest BCUT2D eigenvalue weighted by Gasteiger charge is -2.25. The van der Waals surface area contributed by atoms with E-state index in [1.807, 2.05) is 0 Å². The molecule has 51 heteroatoms. The average Bonchev–Trinajstić information content (AvgIpc) is 1.64. The fourth-order valence-electron chi connectivity index (χ4n) is 11.8. The number of phosphoric ester groups is 4. The fraction of sp³-hybridized carbons (Fsp3) is 0.560. The van der Waals surface area contributed by atoms with Crippen LogP contribution in [0.4, 0.5) is 11.9 Å². The van der Waals surface area contributed by atoms with Crippen LogP contribution in [0.2, 0.25) is 0 Å². The van der Waals surface area contributed by atoms with Gasteiger partial charge in [-0.05, 0) is 20.8 Å². The number of ether oxygens (including phenoxy) is 5. The molecule has 101 heavy (non-hydrogen) atoms. The van der Waals surface area contributed by atoms with Crippen molar-refractivity contribution in [1.29, 1.82) is 0 Å². The highest BCUT2D eigenvalue weighted by Gasteiger charge is 2.50. The summed E-state index contributed by atoms with van der Waals surface area (Å²) in [5, 5.41) is 20.9. The van der Waals surface area contributed by atoms with Gasteiger partial charge in [0.15, 0.2) is 22.3 Å². The Labute approximate surface area is 560 Å². The Balaban J connectivity index is 0.754. The van der Waals surface area contributed by atoms with Crippen LogP contribution in [0.1, 0.15) is 79.9 Å². The molecule has 47 nitrogen and oxygen atoms in total. The number of hydrogen-bond donors (Lipinski definition) is 13. The molecule has 0 bridgehead atoms. The zero-order chi connectivity index (χ0) is 72.5. The molecule has 0 aromatic carbocycles. The molecule has 5 aliphatic rings. The second kappa shape index (κ2) is 28.6. The summed E-state index contributed by atoms with van der Waals surface area (Å²) in [6.07, 6.45) is -18.9. The Hall–Kier alpha value is -7.50. The van der Waals surface area contributed by atoms with Gasteiger partial charge in [0.25, 0.3) is 27.8 Å². The van der Waals surface area contributed by atoms with Gasteiger partial charge in [-0.2, -0.15) is 9.97 Å².